The molecular formula is C24H14ClF2NO6. The summed E-state index contributed by atoms with van der Waals surface area (Å²) in [6.07, 6.45) is 0. The van der Waals surface area contributed by atoms with Gasteiger partial charge in [0.2, 0.25) is 0 Å². The third-order valence-electron chi connectivity index (χ3n) is 4.92. The van der Waals surface area contributed by atoms with Gasteiger partial charge >= 0.3 is 12.6 Å². The van der Waals surface area contributed by atoms with E-state index in [-0.39, 0.29) is 50.1 Å². The monoisotopic (exact) mass is 485 g/mol. The molecule has 0 fully saturated rings. The van der Waals surface area contributed by atoms with Gasteiger partial charge in [0.1, 0.15) is 5.75 Å². The molecule has 172 valence electrons. The molecule has 10 heteroatoms. The molecule has 34 heavy (non-hydrogen) atoms. The van der Waals surface area contributed by atoms with Crippen molar-refractivity contribution in [3.63, 3.8) is 0 Å². The number of esters is 1. The van der Waals surface area contributed by atoms with Crippen molar-refractivity contribution >= 4 is 40.7 Å². The lowest BCUT2D eigenvalue weighted by atomic mass is 9.84. The Balaban J connectivity index is 1.45. The number of alkyl halides is 2. The topological polar surface area (TPSA) is 98.8 Å². The Morgan fingerprint density at radius 1 is 0.882 bits per heavy atom. The van der Waals surface area contributed by atoms with E-state index in [1.54, 1.807) is 18.2 Å². The first kappa shape index (κ1) is 23.1. The highest BCUT2D eigenvalue weighted by molar-refractivity contribution is 6.36. The van der Waals surface area contributed by atoms with Gasteiger partial charge in [0, 0.05) is 22.3 Å². The third-order valence-corrected chi connectivity index (χ3v) is 5.23. The standard InChI is InChI=1S/C24H14ClF2NO6/c25-18-9-16-17(22(31)15-7-2-1-6-14(15)21(16)30)10-19(18)28-20(29)11-33-23(32)12-4-3-5-13(8-12)34-24(26)27/h1-10,24H,11H2,(H,28,29). The van der Waals surface area contributed by atoms with Crippen molar-refractivity contribution in [3.05, 3.63) is 93.5 Å². The van der Waals surface area contributed by atoms with Gasteiger partial charge in [0.05, 0.1) is 16.3 Å². The fourth-order valence-corrected chi connectivity index (χ4v) is 3.62. The zero-order valence-corrected chi connectivity index (χ0v) is 17.9. The summed E-state index contributed by atoms with van der Waals surface area (Å²) in [5.74, 6) is -2.71. The number of anilines is 1. The second-order valence-electron chi connectivity index (χ2n) is 7.11. The number of ketones is 2. The molecule has 0 saturated heterocycles. The van der Waals surface area contributed by atoms with Gasteiger partial charge in [-0.05, 0) is 30.3 Å². The number of fused-ring (bicyclic) bond motifs is 2. The molecular weight excluding hydrogens is 472 g/mol. The van der Waals surface area contributed by atoms with Crippen LogP contribution in [0.2, 0.25) is 5.02 Å². The number of nitrogens with one attached hydrogen (secondary N) is 1. The highest BCUT2D eigenvalue weighted by Crippen LogP contribution is 2.33. The quantitative estimate of drug-likeness (QED) is 0.403. The van der Waals surface area contributed by atoms with E-state index in [2.05, 4.69) is 10.1 Å². The molecule has 4 rings (SSSR count). The average molecular weight is 486 g/mol. The number of rotatable bonds is 6. The number of hydrogen-bond donors (Lipinski definition) is 1. The van der Waals surface area contributed by atoms with Crippen LogP contribution < -0.4 is 10.1 Å². The molecule has 0 spiro atoms. The van der Waals surface area contributed by atoms with Crippen molar-refractivity contribution in [1.29, 1.82) is 0 Å². The minimum absolute atomic E-state index is 0.0100. The number of amides is 1. The van der Waals surface area contributed by atoms with Crippen molar-refractivity contribution in [2.45, 2.75) is 6.61 Å². The van der Waals surface area contributed by atoms with Gasteiger partial charge in [0.15, 0.2) is 18.2 Å². The Morgan fingerprint density at radius 3 is 2.18 bits per heavy atom. The molecule has 0 bridgehead atoms. The van der Waals surface area contributed by atoms with Crippen molar-refractivity contribution in [2.75, 3.05) is 11.9 Å². The van der Waals surface area contributed by atoms with Gasteiger partial charge in [0.25, 0.3) is 5.91 Å². The number of ether oxygens (including phenoxy) is 2. The lowest BCUT2D eigenvalue weighted by Gasteiger charge is -2.19. The highest BCUT2D eigenvalue weighted by atomic mass is 35.5. The molecule has 1 aliphatic carbocycles. The van der Waals surface area contributed by atoms with Crippen LogP contribution in [0.15, 0.2) is 60.7 Å². The fourth-order valence-electron chi connectivity index (χ4n) is 3.41. The summed E-state index contributed by atoms with van der Waals surface area (Å²) in [7, 11) is 0. The molecule has 3 aromatic rings. The number of benzene rings is 3. The Kier molecular flexibility index (Phi) is 6.38. The van der Waals surface area contributed by atoms with Crippen LogP contribution in [0.25, 0.3) is 0 Å². The molecule has 0 radical (unpaired) electrons. The fraction of sp³-hybridized carbons (Fsp3) is 0.0833. The zero-order chi connectivity index (χ0) is 24.4. The van der Waals surface area contributed by atoms with E-state index in [1.807, 2.05) is 0 Å². The molecule has 0 unspecified atom stereocenters. The minimum Gasteiger partial charge on any atom is -0.452 e. The molecule has 1 aliphatic rings. The molecule has 1 N–H and O–H groups in total. The van der Waals surface area contributed by atoms with Crippen LogP contribution in [0.1, 0.15) is 42.2 Å². The summed E-state index contributed by atoms with van der Waals surface area (Å²) in [6.45, 7) is -3.78. The van der Waals surface area contributed by atoms with Crippen LogP contribution in [0.4, 0.5) is 14.5 Å². The van der Waals surface area contributed by atoms with E-state index in [0.29, 0.717) is 0 Å². The molecule has 0 saturated carbocycles. The van der Waals surface area contributed by atoms with E-state index in [9.17, 15) is 28.0 Å². The van der Waals surface area contributed by atoms with Crippen LogP contribution >= 0.6 is 11.6 Å². The lowest BCUT2D eigenvalue weighted by Crippen LogP contribution is -2.23. The smallest absolute Gasteiger partial charge is 0.387 e. The maximum atomic E-state index is 12.8. The van der Waals surface area contributed by atoms with Crippen molar-refractivity contribution in [2.24, 2.45) is 0 Å². The molecule has 0 aliphatic heterocycles. The molecule has 0 atom stereocenters. The first-order valence-electron chi connectivity index (χ1n) is 9.78. The maximum Gasteiger partial charge on any atom is 0.387 e. The van der Waals surface area contributed by atoms with Gasteiger partial charge in [-0.1, -0.05) is 41.9 Å². The summed E-state index contributed by atoms with van der Waals surface area (Å²) >= 11 is 6.20. The van der Waals surface area contributed by atoms with E-state index in [1.165, 1.54) is 36.4 Å². The summed E-state index contributed by atoms with van der Waals surface area (Å²) in [6, 6.07) is 13.9. The Labute approximate surface area is 196 Å². The largest absolute Gasteiger partial charge is 0.452 e. The van der Waals surface area contributed by atoms with Crippen LogP contribution in [-0.4, -0.2) is 36.7 Å². The first-order valence-corrected chi connectivity index (χ1v) is 10.2. The summed E-state index contributed by atoms with van der Waals surface area (Å²) in [5, 5.41) is 2.44. The number of carbonyl (C=O) groups excluding carboxylic acids is 4. The normalized spacial score (nSPS) is 12.1. The van der Waals surface area contributed by atoms with Gasteiger partial charge in [-0.2, -0.15) is 8.78 Å². The summed E-state index contributed by atoms with van der Waals surface area (Å²) in [4.78, 5) is 50.0. The van der Waals surface area contributed by atoms with Crippen LogP contribution in [0.5, 0.6) is 5.75 Å². The molecule has 1 amide bonds. The molecule has 0 heterocycles. The predicted molar refractivity (Wildman–Crippen MR) is 117 cm³/mol. The number of halogens is 3. The van der Waals surface area contributed by atoms with E-state index in [0.717, 1.165) is 6.07 Å². The molecule has 0 aromatic heterocycles. The first-order chi connectivity index (χ1) is 16.2. The van der Waals surface area contributed by atoms with Crippen molar-refractivity contribution in [1.82, 2.24) is 0 Å². The van der Waals surface area contributed by atoms with Gasteiger partial charge < -0.3 is 14.8 Å². The molecule has 3 aromatic carbocycles. The Hall–Kier alpha value is -4.11. The Morgan fingerprint density at radius 2 is 1.53 bits per heavy atom. The van der Waals surface area contributed by atoms with Gasteiger partial charge in [-0.3, -0.25) is 14.4 Å². The average Bonchev–Trinajstić information content (AvgIpc) is 2.81. The lowest BCUT2D eigenvalue weighted by molar-refractivity contribution is -0.119. The van der Waals surface area contributed by atoms with Crippen LogP contribution in [0.3, 0.4) is 0 Å². The predicted octanol–water partition coefficient (Wildman–Crippen LogP) is 4.51. The second kappa shape index (κ2) is 9.40. The van der Waals surface area contributed by atoms with E-state index < -0.39 is 30.9 Å². The molecule has 7 nitrogen and oxygen atoms in total. The van der Waals surface area contributed by atoms with Gasteiger partial charge in [-0.15, -0.1) is 0 Å². The van der Waals surface area contributed by atoms with Crippen molar-refractivity contribution < 1.29 is 37.4 Å². The summed E-state index contributed by atoms with van der Waals surface area (Å²) < 4.78 is 33.8. The summed E-state index contributed by atoms with van der Waals surface area (Å²) in [5.41, 5.74) is 0.657. The van der Waals surface area contributed by atoms with E-state index in [4.69, 9.17) is 16.3 Å². The SMILES string of the molecule is O=C(COC(=O)c1cccc(OC(F)F)c1)Nc1cc2c(cc1Cl)C(=O)c1ccccc1C2=O. The number of carbonyl (C=O) groups is 4. The van der Waals surface area contributed by atoms with Crippen molar-refractivity contribution in [3.8, 4) is 5.75 Å². The third kappa shape index (κ3) is 4.65. The minimum atomic E-state index is -3.06. The highest BCUT2D eigenvalue weighted by Gasteiger charge is 2.30. The van der Waals surface area contributed by atoms with Gasteiger partial charge in [-0.25, -0.2) is 4.79 Å². The number of hydrogen-bond acceptors (Lipinski definition) is 6. The van der Waals surface area contributed by atoms with E-state index >= 15 is 0 Å². The van der Waals surface area contributed by atoms with Crippen LogP contribution in [0, 0.1) is 0 Å². The van der Waals surface area contributed by atoms with Crippen LogP contribution in [-0.2, 0) is 9.53 Å². The maximum absolute atomic E-state index is 12.8. The zero-order valence-electron chi connectivity index (χ0n) is 17.1. The second-order valence-corrected chi connectivity index (χ2v) is 7.52. The Bertz CT molecular complexity index is 1340.